The van der Waals surface area contributed by atoms with Crippen molar-refractivity contribution in [1.29, 1.82) is 0 Å². The van der Waals surface area contributed by atoms with E-state index in [1.54, 1.807) is 0 Å². The summed E-state index contributed by atoms with van der Waals surface area (Å²) in [4.78, 5) is 15.2. The summed E-state index contributed by atoms with van der Waals surface area (Å²) < 4.78 is 13.1. The van der Waals surface area contributed by atoms with E-state index in [2.05, 4.69) is 36.2 Å². The minimum absolute atomic E-state index is 0.0721. The molecule has 2 aromatic rings. The number of rotatable bonds is 7. The molecule has 1 aliphatic heterocycles. The lowest BCUT2D eigenvalue weighted by Crippen LogP contribution is -2.41. The molecule has 1 atom stereocenters. The predicted molar refractivity (Wildman–Crippen MR) is 111 cm³/mol. The van der Waals surface area contributed by atoms with Gasteiger partial charge in [-0.3, -0.25) is 9.69 Å². The Morgan fingerprint density at radius 3 is 2.32 bits per heavy atom. The van der Waals surface area contributed by atoms with Crippen molar-refractivity contribution < 1.29 is 9.18 Å². The molecule has 1 aliphatic rings. The molecule has 0 saturated carbocycles. The summed E-state index contributed by atoms with van der Waals surface area (Å²) in [5.41, 5.74) is 2.30. The highest BCUT2D eigenvalue weighted by atomic mass is 19.1. The number of halogens is 1. The highest BCUT2D eigenvalue weighted by molar-refractivity contribution is 5.79. The second-order valence-corrected chi connectivity index (χ2v) is 8.28. The standard InChI is InChI=1S/C24H31FN2O/c1-18(2)16-23(20-6-4-3-5-7-20)26-24(28)21-12-14-27(15-13-21)17-19-8-10-22(25)11-9-19/h3-11,18,21,23H,12-17H2,1-2H3,(H,26,28)/t23-/m0/s1. The largest absolute Gasteiger partial charge is 0.349 e. The maximum atomic E-state index is 13.1. The summed E-state index contributed by atoms with van der Waals surface area (Å²) in [5.74, 6) is 0.565. The number of likely N-dealkylation sites (tertiary alicyclic amines) is 1. The number of piperidine rings is 1. The van der Waals surface area contributed by atoms with Gasteiger partial charge in [0, 0.05) is 12.5 Å². The summed E-state index contributed by atoms with van der Waals surface area (Å²) in [5, 5.41) is 3.31. The molecule has 0 aromatic heterocycles. The van der Waals surface area contributed by atoms with Crippen molar-refractivity contribution in [3.63, 3.8) is 0 Å². The monoisotopic (exact) mass is 382 g/mol. The van der Waals surface area contributed by atoms with Crippen LogP contribution in [0.1, 0.15) is 50.3 Å². The van der Waals surface area contributed by atoms with Crippen LogP contribution in [-0.2, 0) is 11.3 Å². The van der Waals surface area contributed by atoms with Gasteiger partial charge in [0.2, 0.25) is 5.91 Å². The van der Waals surface area contributed by atoms with E-state index in [9.17, 15) is 9.18 Å². The Bertz CT molecular complexity index is 737. The normalized spacial score (nSPS) is 16.9. The third-order valence-corrected chi connectivity index (χ3v) is 5.50. The minimum atomic E-state index is -0.200. The van der Waals surface area contributed by atoms with Gasteiger partial charge in [-0.2, -0.15) is 0 Å². The lowest BCUT2D eigenvalue weighted by molar-refractivity contribution is -0.127. The highest BCUT2D eigenvalue weighted by Crippen LogP contribution is 2.24. The second-order valence-electron chi connectivity index (χ2n) is 8.28. The first-order valence-corrected chi connectivity index (χ1v) is 10.3. The Kier molecular flexibility index (Phi) is 7.21. The van der Waals surface area contributed by atoms with Crippen LogP contribution in [0.3, 0.4) is 0 Å². The van der Waals surface area contributed by atoms with E-state index < -0.39 is 0 Å². The van der Waals surface area contributed by atoms with Gasteiger partial charge in [-0.25, -0.2) is 4.39 Å². The molecule has 28 heavy (non-hydrogen) atoms. The van der Waals surface area contributed by atoms with Crippen molar-refractivity contribution >= 4 is 5.91 Å². The van der Waals surface area contributed by atoms with E-state index in [0.717, 1.165) is 44.5 Å². The number of amides is 1. The first kappa shape index (κ1) is 20.5. The zero-order valence-corrected chi connectivity index (χ0v) is 16.9. The number of benzene rings is 2. The SMILES string of the molecule is CC(C)C[C@H](NC(=O)C1CCN(Cc2ccc(F)cc2)CC1)c1ccccc1. The molecule has 3 rings (SSSR count). The molecule has 1 N–H and O–H groups in total. The molecule has 3 nitrogen and oxygen atoms in total. The van der Waals surface area contributed by atoms with E-state index >= 15 is 0 Å². The van der Waals surface area contributed by atoms with Crippen LogP contribution in [0.4, 0.5) is 4.39 Å². The molecule has 0 aliphatic carbocycles. The number of hydrogen-bond acceptors (Lipinski definition) is 2. The molecule has 0 bridgehead atoms. The van der Waals surface area contributed by atoms with Crippen molar-refractivity contribution in [3.8, 4) is 0 Å². The molecule has 1 heterocycles. The van der Waals surface area contributed by atoms with Crippen LogP contribution >= 0.6 is 0 Å². The van der Waals surface area contributed by atoms with Crippen molar-refractivity contribution in [3.05, 3.63) is 71.5 Å². The molecule has 0 radical (unpaired) electrons. The maximum absolute atomic E-state index is 13.1. The van der Waals surface area contributed by atoms with Gasteiger partial charge in [-0.15, -0.1) is 0 Å². The molecule has 1 saturated heterocycles. The van der Waals surface area contributed by atoms with Crippen LogP contribution in [0, 0.1) is 17.7 Å². The summed E-state index contributed by atoms with van der Waals surface area (Å²) in [7, 11) is 0. The van der Waals surface area contributed by atoms with Crippen LogP contribution in [-0.4, -0.2) is 23.9 Å². The second kappa shape index (κ2) is 9.83. The van der Waals surface area contributed by atoms with Crippen molar-refractivity contribution in [1.82, 2.24) is 10.2 Å². The number of nitrogens with one attached hydrogen (secondary N) is 1. The first-order valence-electron chi connectivity index (χ1n) is 10.3. The quantitative estimate of drug-likeness (QED) is 0.735. The summed E-state index contributed by atoms with van der Waals surface area (Å²) >= 11 is 0. The molecular formula is C24H31FN2O. The topological polar surface area (TPSA) is 32.3 Å². The Hall–Kier alpha value is -2.20. The Balaban J connectivity index is 1.52. The van der Waals surface area contributed by atoms with Gasteiger partial charge in [-0.05, 0) is 61.5 Å². The smallest absolute Gasteiger partial charge is 0.223 e. The first-order chi connectivity index (χ1) is 13.5. The van der Waals surface area contributed by atoms with Gasteiger partial charge in [0.15, 0.2) is 0 Å². The van der Waals surface area contributed by atoms with E-state index in [4.69, 9.17) is 0 Å². The van der Waals surface area contributed by atoms with E-state index in [-0.39, 0.29) is 23.7 Å². The van der Waals surface area contributed by atoms with E-state index in [0.29, 0.717) is 5.92 Å². The molecule has 4 heteroatoms. The summed E-state index contributed by atoms with van der Waals surface area (Å²) in [6.07, 6.45) is 2.69. The fourth-order valence-corrected chi connectivity index (χ4v) is 3.93. The molecule has 1 amide bonds. The predicted octanol–water partition coefficient (Wildman–Crippen LogP) is 4.94. The fourth-order valence-electron chi connectivity index (χ4n) is 3.93. The van der Waals surface area contributed by atoms with Gasteiger partial charge in [-0.1, -0.05) is 56.3 Å². The zero-order chi connectivity index (χ0) is 19.9. The third-order valence-electron chi connectivity index (χ3n) is 5.50. The minimum Gasteiger partial charge on any atom is -0.349 e. The molecule has 0 spiro atoms. The Morgan fingerprint density at radius 1 is 1.07 bits per heavy atom. The number of carbonyl (C=O) groups is 1. The van der Waals surface area contributed by atoms with Crippen LogP contribution in [0.25, 0.3) is 0 Å². The molecule has 150 valence electrons. The Labute approximate surface area is 167 Å². The fraction of sp³-hybridized carbons (Fsp3) is 0.458. The Morgan fingerprint density at radius 2 is 1.71 bits per heavy atom. The highest BCUT2D eigenvalue weighted by Gasteiger charge is 2.27. The molecule has 1 fully saturated rings. The lowest BCUT2D eigenvalue weighted by Gasteiger charge is -2.32. The van der Waals surface area contributed by atoms with E-state index in [1.165, 1.54) is 17.7 Å². The van der Waals surface area contributed by atoms with Gasteiger partial charge in [0.25, 0.3) is 0 Å². The molecule has 0 unspecified atom stereocenters. The van der Waals surface area contributed by atoms with Gasteiger partial charge in [0.05, 0.1) is 6.04 Å². The number of hydrogen-bond donors (Lipinski definition) is 1. The van der Waals surface area contributed by atoms with Crippen LogP contribution in [0.2, 0.25) is 0 Å². The molecular weight excluding hydrogens is 351 g/mol. The number of nitrogens with zero attached hydrogens (tertiary/aromatic N) is 1. The zero-order valence-electron chi connectivity index (χ0n) is 16.9. The lowest BCUT2D eigenvalue weighted by atomic mass is 9.93. The maximum Gasteiger partial charge on any atom is 0.223 e. The van der Waals surface area contributed by atoms with Crippen molar-refractivity contribution in [2.45, 2.75) is 45.7 Å². The van der Waals surface area contributed by atoms with Gasteiger partial charge < -0.3 is 5.32 Å². The summed E-state index contributed by atoms with van der Waals surface area (Å²) in [6, 6.07) is 17.0. The van der Waals surface area contributed by atoms with Gasteiger partial charge >= 0.3 is 0 Å². The average Bonchev–Trinajstić information content (AvgIpc) is 2.70. The van der Waals surface area contributed by atoms with Gasteiger partial charge in [0.1, 0.15) is 5.82 Å². The third kappa shape index (κ3) is 5.90. The average molecular weight is 383 g/mol. The van der Waals surface area contributed by atoms with Crippen LogP contribution < -0.4 is 5.32 Å². The molecule has 2 aromatic carbocycles. The van der Waals surface area contributed by atoms with E-state index in [1.807, 2.05) is 30.3 Å². The van der Waals surface area contributed by atoms with Crippen molar-refractivity contribution in [2.24, 2.45) is 11.8 Å². The van der Waals surface area contributed by atoms with Crippen LogP contribution in [0.5, 0.6) is 0 Å². The van der Waals surface area contributed by atoms with Crippen LogP contribution in [0.15, 0.2) is 54.6 Å². The van der Waals surface area contributed by atoms with Crippen molar-refractivity contribution in [2.75, 3.05) is 13.1 Å². The number of carbonyl (C=O) groups excluding carboxylic acids is 1. The summed E-state index contributed by atoms with van der Waals surface area (Å²) in [6.45, 7) is 6.99.